The first-order valence-electron chi connectivity index (χ1n) is 5.78. The molecule has 1 rings (SSSR count). The van der Waals surface area contributed by atoms with Crippen molar-refractivity contribution in [3.05, 3.63) is 5.01 Å². The van der Waals surface area contributed by atoms with Gasteiger partial charge >= 0.3 is 0 Å². The van der Waals surface area contributed by atoms with Crippen LogP contribution in [0.2, 0.25) is 0 Å². The number of hydrogen-bond donors (Lipinski definition) is 1. The van der Waals surface area contributed by atoms with Crippen LogP contribution < -0.4 is 10.1 Å². The molecule has 1 heterocycles. The molecule has 6 heteroatoms. The summed E-state index contributed by atoms with van der Waals surface area (Å²) < 4.78 is 10.7. The number of ether oxygens (including phenoxy) is 2. The van der Waals surface area contributed by atoms with Crippen LogP contribution in [0.25, 0.3) is 0 Å². The van der Waals surface area contributed by atoms with Gasteiger partial charge in [-0.1, -0.05) is 23.4 Å². The van der Waals surface area contributed by atoms with Crippen LogP contribution in [-0.2, 0) is 11.3 Å². The van der Waals surface area contributed by atoms with Gasteiger partial charge in [-0.3, -0.25) is 0 Å². The highest BCUT2D eigenvalue weighted by Gasteiger charge is 2.19. The molecule has 98 valence electrons. The van der Waals surface area contributed by atoms with Crippen molar-refractivity contribution < 1.29 is 9.47 Å². The summed E-state index contributed by atoms with van der Waals surface area (Å²) in [6, 6.07) is 0. The molecule has 0 radical (unpaired) electrons. The zero-order valence-electron chi connectivity index (χ0n) is 10.9. The van der Waals surface area contributed by atoms with E-state index < -0.39 is 0 Å². The van der Waals surface area contributed by atoms with Gasteiger partial charge in [0.25, 0.3) is 5.19 Å². The summed E-state index contributed by atoms with van der Waals surface area (Å²) in [6.45, 7) is 8.40. The fourth-order valence-corrected chi connectivity index (χ4v) is 1.84. The standard InChI is InChI=1S/C11H21N3O2S/c1-5-11(2,3)16-10-14-13-9(17-10)8-12-6-7-15-4/h12H,5-8H2,1-4H3. The second-order valence-electron chi connectivity index (χ2n) is 4.35. The number of nitrogens with zero attached hydrogens (tertiary/aromatic N) is 2. The highest BCUT2D eigenvalue weighted by atomic mass is 32.1. The van der Waals surface area contributed by atoms with Crippen LogP contribution in [0.15, 0.2) is 0 Å². The molecule has 0 atom stereocenters. The van der Waals surface area contributed by atoms with E-state index in [-0.39, 0.29) is 5.60 Å². The van der Waals surface area contributed by atoms with Gasteiger partial charge in [0.1, 0.15) is 10.6 Å². The molecule has 0 aliphatic rings. The lowest BCUT2D eigenvalue weighted by Gasteiger charge is -2.22. The quantitative estimate of drug-likeness (QED) is 0.722. The van der Waals surface area contributed by atoms with Gasteiger partial charge in [-0.25, -0.2) is 0 Å². The predicted molar refractivity (Wildman–Crippen MR) is 68.5 cm³/mol. The summed E-state index contributed by atoms with van der Waals surface area (Å²) in [7, 11) is 1.69. The van der Waals surface area contributed by atoms with Crippen molar-refractivity contribution in [1.29, 1.82) is 0 Å². The highest BCUT2D eigenvalue weighted by molar-refractivity contribution is 7.13. The normalized spacial score (nSPS) is 11.8. The van der Waals surface area contributed by atoms with Crippen molar-refractivity contribution >= 4 is 11.3 Å². The Bertz CT molecular complexity index is 328. The third-order valence-electron chi connectivity index (χ3n) is 2.42. The topological polar surface area (TPSA) is 56.3 Å². The van der Waals surface area contributed by atoms with Gasteiger partial charge in [-0.15, -0.1) is 5.10 Å². The average molecular weight is 259 g/mol. The molecule has 0 saturated heterocycles. The van der Waals surface area contributed by atoms with E-state index in [2.05, 4.69) is 22.4 Å². The van der Waals surface area contributed by atoms with Crippen LogP contribution in [-0.4, -0.2) is 36.1 Å². The smallest absolute Gasteiger partial charge is 0.294 e. The Kier molecular flexibility index (Phi) is 5.80. The third-order valence-corrected chi connectivity index (χ3v) is 3.22. The Morgan fingerprint density at radius 1 is 1.35 bits per heavy atom. The van der Waals surface area contributed by atoms with Crippen molar-refractivity contribution in [2.75, 3.05) is 20.3 Å². The summed E-state index contributed by atoms with van der Waals surface area (Å²) in [5.41, 5.74) is -0.180. The van der Waals surface area contributed by atoms with Gasteiger partial charge < -0.3 is 14.8 Å². The van der Waals surface area contributed by atoms with E-state index in [0.717, 1.165) is 18.0 Å². The first-order valence-corrected chi connectivity index (χ1v) is 6.60. The lowest BCUT2D eigenvalue weighted by molar-refractivity contribution is 0.104. The number of nitrogens with one attached hydrogen (secondary N) is 1. The summed E-state index contributed by atoms with van der Waals surface area (Å²) in [5.74, 6) is 0. The molecule has 0 amide bonds. The molecule has 17 heavy (non-hydrogen) atoms. The summed E-state index contributed by atoms with van der Waals surface area (Å²) in [6.07, 6.45) is 0.938. The zero-order chi connectivity index (χ0) is 12.7. The highest BCUT2D eigenvalue weighted by Crippen LogP contribution is 2.24. The summed E-state index contributed by atoms with van der Waals surface area (Å²) in [5, 5.41) is 12.9. The van der Waals surface area contributed by atoms with Crippen molar-refractivity contribution in [3.63, 3.8) is 0 Å². The van der Waals surface area contributed by atoms with E-state index in [1.54, 1.807) is 7.11 Å². The number of aromatic nitrogens is 2. The van der Waals surface area contributed by atoms with Crippen LogP contribution in [0.5, 0.6) is 5.19 Å². The Morgan fingerprint density at radius 2 is 2.12 bits per heavy atom. The fourth-order valence-electron chi connectivity index (χ4n) is 1.03. The Balaban J connectivity index is 2.37. The Morgan fingerprint density at radius 3 is 2.76 bits per heavy atom. The largest absolute Gasteiger partial charge is 0.463 e. The molecule has 0 bridgehead atoms. The molecule has 0 spiro atoms. The number of hydrogen-bond acceptors (Lipinski definition) is 6. The molecule has 0 saturated carbocycles. The van der Waals surface area contributed by atoms with Gasteiger partial charge in [-0.2, -0.15) is 0 Å². The number of rotatable bonds is 8. The van der Waals surface area contributed by atoms with E-state index in [4.69, 9.17) is 9.47 Å². The van der Waals surface area contributed by atoms with E-state index >= 15 is 0 Å². The lowest BCUT2D eigenvalue weighted by Crippen LogP contribution is -2.26. The van der Waals surface area contributed by atoms with Gasteiger partial charge in [-0.05, 0) is 20.3 Å². The lowest BCUT2D eigenvalue weighted by atomic mass is 10.1. The van der Waals surface area contributed by atoms with Crippen molar-refractivity contribution in [2.45, 2.75) is 39.3 Å². The fraction of sp³-hybridized carbons (Fsp3) is 0.818. The van der Waals surface area contributed by atoms with E-state index in [1.807, 2.05) is 13.8 Å². The molecule has 1 N–H and O–H groups in total. The SMILES string of the molecule is CCC(C)(C)Oc1nnc(CNCCOC)s1. The molecule has 0 aliphatic heterocycles. The zero-order valence-corrected chi connectivity index (χ0v) is 11.8. The second kappa shape index (κ2) is 6.88. The molecule has 0 aromatic carbocycles. The minimum Gasteiger partial charge on any atom is -0.463 e. The van der Waals surface area contributed by atoms with E-state index in [9.17, 15) is 0 Å². The second-order valence-corrected chi connectivity index (χ2v) is 5.37. The minimum atomic E-state index is -0.180. The van der Waals surface area contributed by atoms with Crippen LogP contribution in [0.4, 0.5) is 0 Å². The van der Waals surface area contributed by atoms with Crippen LogP contribution >= 0.6 is 11.3 Å². The first kappa shape index (κ1) is 14.3. The predicted octanol–water partition coefficient (Wildman–Crippen LogP) is 1.84. The van der Waals surface area contributed by atoms with E-state index in [1.165, 1.54) is 11.3 Å². The maximum Gasteiger partial charge on any atom is 0.294 e. The van der Waals surface area contributed by atoms with Crippen molar-refractivity contribution in [1.82, 2.24) is 15.5 Å². The average Bonchev–Trinajstić information content (AvgIpc) is 2.71. The Hall–Kier alpha value is -0.720. The molecular weight excluding hydrogens is 238 g/mol. The number of methoxy groups -OCH3 is 1. The van der Waals surface area contributed by atoms with E-state index in [0.29, 0.717) is 18.3 Å². The maximum absolute atomic E-state index is 5.75. The molecule has 0 aliphatic carbocycles. The van der Waals surface area contributed by atoms with Gasteiger partial charge in [0, 0.05) is 20.2 Å². The van der Waals surface area contributed by atoms with Gasteiger partial charge in [0.05, 0.1) is 6.61 Å². The summed E-state index contributed by atoms with van der Waals surface area (Å²) in [4.78, 5) is 0. The minimum absolute atomic E-state index is 0.180. The molecule has 1 aromatic rings. The monoisotopic (exact) mass is 259 g/mol. The first-order chi connectivity index (χ1) is 8.07. The molecule has 0 fully saturated rings. The molecule has 1 aromatic heterocycles. The van der Waals surface area contributed by atoms with Crippen LogP contribution in [0.3, 0.4) is 0 Å². The molecular formula is C11H21N3O2S. The van der Waals surface area contributed by atoms with Crippen molar-refractivity contribution in [2.24, 2.45) is 0 Å². The van der Waals surface area contributed by atoms with Crippen LogP contribution in [0, 0.1) is 0 Å². The summed E-state index contributed by atoms with van der Waals surface area (Å²) >= 11 is 1.49. The van der Waals surface area contributed by atoms with Gasteiger partial charge in [0.2, 0.25) is 0 Å². The van der Waals surface area contributed by atoms with Gasteiger partial charge in [0.15, 0.2) is 0 Å². The molecule has 0 unspecified atom stereocenters. The maximum atomic E-state index is 5.75. The Labute approximate surface area is 107 Å². The molecule has 5 nitrogen and oxygen atoms in total. The van der Waals surface area contributed by atoms with Crippen LogP contribution in [0.1, 0.15) is 32.2 Å². The third kappa shape index (κ3) is 5.43. The van der Waals surface area contributed by atoms with Crippen molar-refractivity contribution in [3.8, 4) is 5.19 Å².